The van der Waals surface area contributed by atoms with Crippen LogP contribution in [0.3, 0.4) is 0 Å². The third-order valence-corrected chi connectivity index (χ3v) is 3.10. The minimum atomic E-state index is -0.484. The Morgan fingerprint density at radius 1 is 1.50 bits per heavy atom. The van der Waals surface area contributed by atoms with Crippen LogP contribution in [0.1, 0.15) is 10.5 Å². The molecule has 16 heavy (non-hydrogen) atoms. The molecule has 0 saturated heterocycles. The molecule has 0 N–H and O–H groups in total. The summed E-state index contributed by atoms with van der Waals surface area (Å²) >= 11 is 9.39. The predicted molar refractivity (Wildman–Crippen MR) is 65.8 cm³/mol. The molecule has 1 aromatic heterocycles. The Kier molecular flexibility index (Phi) is 3.12. The fraction of sp³-hybridized carbons (Fsp3) is 0.0909. The molecule has 0 fully saturated rings. The van der Waals surface area contributed by atoms with Gasteiger partial charge in [-0.3, -0.25) is 0 Å². The van der Waals surface area contributed by atoms with Crippen molar-refractivity contribution in [2.45, 2.75) is 0 Å². The number of carbonyl (C=O) groups is 1. The summed E-state index contributed by atoms with van der Waals surface area (Å²) in [6, 6.07) is 7.04. The van der Waals surface area contributed by atoms with E-state index in [1.54, 1.807) is 12.1 Å². The first-order valence-electron chi connectivity index (χ1n) is 4.46. The third kappa shape index (κ3) is 1.90. The number of halogens is 2. The van der Waals surface area contributed by atoms with Crippen molar-refractivity contribution in [3.8, 4) is 0 Å². The van der Waals surface area contributed by atoms with E-state index in [0.29, 0.717) is 10.5 Å². The van der Waals surface area contributed by atoms with Crippen LogP contribution in [0, 0.1) is 0 Å². The predicted octanol–water partition coefficient (Wildman–Crippen LogP) is 3.44. The molecular formula is C11H7BrClNO2. The molecule has 0 saturated carbocycles. The van der Waals surface area contributed by atoms with Crippen LogP contribution in [0.4, 0.5) is 0 Å². The Morgan fingerprint density at radius 2 is 2.25 bits per heavy atom. The number of ether oxygens (including phenoxy) is 1. The molecule has 0 radical (unpaired) electrons. The van der Waals surface area contributed by atoms with E-state index in [9.17, 15) is 4.79 Å². The highest BCUT2D eigenvalue weighted by Gasteiger charge is 2.12. The fourth-order valence-corrected chi connectivity index (χ4v) is 2.13. The molecule has 0 spiro atoms. The summed E-state index contributed by atoms with van der Waals surface area (Å²) in [5.41, 5.74) is 0.814. The number of nitrogens with zero attached hydrogens (tertiary/aromatic N) is 1. The zero-order valence-corrected chi connectivity index (χ0v) is 10.7. The first kappa shape index (κ1) is 11.4. The quantitative estimate of drug-likeness (QED) is 0.757. The zero-order valence-electron chi connectivity index (χ0n) is 8.33. The van der Waals surface area contributed by atoms with Crippen LogP contribution in [0.5, 0.6) is 0 Å². The van der Waals surface area contributed by atoms with Gasteiger partial charge in [0.25, 0.3) is 0 Å². The van der Waals surface area contributed by atoms with Crippen molar-refractivity contribution in [2.24, 2.45) is 0 Å². The van der Waals surface area contributed by atoms with Gasteiger partial charge in [-0.1, -0.05) is 39.7 Å². The molecule has 1 heterocycles. The number of pyridine rings is 1. The average molecular weight is 301 g/mol. The second kappa shape index (κ2) is 4.39. The number of para-hydroxylation sites is 1. The highest BCUT2D eigenvalue weighted by Crippen LogP contribution is 2.28. The minimum absolute atomic E-state index is 0.231. The minimum Gasteiger partial charge on any atom is -0.464 e. The van der Waals surface area contributed by atoms with E-state index in [0.717, 1.165) is 9.86 Å². The van der Waals surface area contributed by atoms with Crippen LogP contribution in [0.2, 0.25) is 5.02 Å². The lowest BCUT2D eigenvalue weighted by Gasteiger charge is -2.05. The molecule has 3 nitrogen and oxygen atoms in total. The summed E-state index contributed by atoms with van der Waals surface area (Å²) in [4.78, 5) is 15.5. The van der Waals surface area contributed by atoms with E-state index in [1.165, 1.54) is 7.11 Å². The van der Waals surface area contributed by atoms with E-state index in [1.807, 2.05) is 12.1 Å². The molecule has 2 aromatic rings. The highest BCUT2D eigenvalue weighted by atomic mass is 79.9. The zero-order chi connectivity index (χ0) is 11.7. The first-order valence-corrected chi connectivity index (χ1v) is 5.63. The number of hydrogen-bond donors (Lipinski definition) is 0. The number of carbonyl (C=O) groups excluding carboxylic acids is 1. The molecule has 0 bridgehead atoms. The molecule has 1 aromatic carbocycles. The summed E-state index contributed by atoms with van der Waals surface area (Å²) in [5, 5.41) is 1.36. The van der Waals surface area contributed by atoms with E-state index >= 15 is 0 Å². The van der Waals surface area contributed by atoms with Gasteiger partial charge in [0, 0.05) is 9.86 Å². The molecule has 0 unspecified atom stereocenters. The summed E-state index contributed by atoms with van der Waals surface area (Å²) < 4.78 is 5.38. The monoisotopic (exact) mass is 299 g/mol. The van der Waals surface area contributed by atoms with Gasteiger partial charge in [-0.25, -0.2) is 9.78 Å². The Morgan fingerprint density at radius 3 is 2.94 bits per heavy atom. The van der Waals surface area contributed by atoms with Gasteiger partial charge in [0.05, 0.1) is 17.6 Å². The summed E-state index contributed by atoms with van der Waals surface area (Å²) in [6.07, 6.45) is 0. The smallest absolute Gasteiger partial charge is 0.356 e. The molecule has 5 heteroatoms. The Hall–Kier alpha value is -1.13. The Labute approximate surface area is 106 Å². The first-order chi connectivity index (χ1) is 7.63. The maximum Gasteiger partial charge on any atom is 0.356 e. The second-order valence-electron chi connectivity index (χ2n) is 3.12. The summed E-state index contributed by atoms with van der Waals surface area (Å²) in [5.74, 6) is -0.484. The Bertz CT molecular complexity index is 571. The SMILES string of the molecule is COC(=O)c1cc(Br)c2cccc(Cl)c2n1. The van der Waals surface area contributed by atoms with Gasteiger partial charge in [-0.15, -0.1) is 0 Å². The topological polar surface area (TPSA) is 39.2 Å². The second-order valence-corrected chi connectivity index (χ2v) is 4.38. The van der Waals surface area contributed by atoms with Gasteiger partial charge in [0.15, 0.2) is 0 Å². The van der Waals surface area contributed by atoms with Crippen molar-refractivity contribution >= 4 is 44.4 Å². The van der Waals surface area contributed by atoms with Gasteiger partial charge in [0.1, 0.15) is 5.69 Å². The Balaban J connectivity index is 2.75. The maximum atomic E-state index is 11.4. The van der Waals surface area contributed by atoms with E-state index in [-0.39, 0.29) is 5.69 Å². The average Bonchev–Trinajstić information content (AvgIpc) is 2.29. The number of fused-ring (bicyclic) bond motifs is 1. The number of benzene rings is 1. The fourth-order valence-electron chi connectivity index (χ4n) is 1.38. The van der Waals surface area contributed by atoms with E-state index < -0.39 is 5.97 Å². The van der Waals surface area contributed by atoms with Gasteiger partial charge in [-0.05, 0) is 12.1 Å². The van der Waals surface area contributed by atoms with Gasteiger partial charge >= 0.3 is 5.97 Å². The highest BCUT2D eigenvalue weighted by molar-refractivity contribution is 9.10. The van der Waals surface area contributed by atoms with Crippen LogP contribution in [-0.4, -0.2) is 18.1 Å². The molecule has 2 rings (SSSR count). The van der Waals surface area contributed by atoms with Crippen molar-refractivity contribution in [1.29, 1.82) is 0 Å². The largest absolute Gasteiger partial charge is 0.464 e. The molecule has 82 valence electrons. The van der Waals surface area contributed by atoms with Crippen molar-refractivity contribution < 1.29 is 9.53 Å². The summed E-state index contributed by atoms with van der Waals surface area (Å²) in [6.45, 7) is 0. The van der Waals surface area contributed by atoms with Crippen molar-refractivity contribution in [3.63, 3.8) is 0 Å². The van der Waals surface area contributed by atoms with Gasteiger partial charge < -0.3 is 4.74 Å². The van der Waals surface area contributed by atoms with E-state index in [4.69, 9.17) is 11.6 Å². The number of esters is 1. The lowest BCUT2D eigenvalue weighted by molar-refractivity contribution is 0.0594. The van der Waals surface area contributed by atoms with E-state index in [2.05, 4.69) is 25.7 Å². The van der Waals surface area contributed by atoms with Crippen LogP contribution in [-0.2, 0) is 4.74 Å². The normalized spacial score (nSPS) is 10.4. The third-order valence-electron chi connectivity index (χ3n) is 2.13. The van der Waals surface area contributed by atoms with Crippen LogP contribution in [0.25, 0.3) is 10.9 Å². The number of hydrogen-bond acceptors (Lipinski definition) is 3. The van der Waals surface area contributed by atoms with Crippen LogP contribution < -0.4 is 0 Å². The van der Waals surface area contributed by atoms with Gasteiger partial charge in [-0.2, -0.15) is 0 Å². The van der Waals surface area contributed by atoms with Crippen LogP contribution >= 0.6 is 27.5 Å². The summed E-state index contributed by atoms with van der Waals surface area (Å²) in [7, 11) is 1.31. The van der Waals surface area contributed by atoms with Crippen molar-refractivity contribution in [2.75, 3.05) is 7.11 Å². The maximum absolute atomic E-state index is 11.4. The molecule has 0 aliphatic heterocycles. The molecule has 0 amide bonds. The van der Waals surface area contributed by atoms with Crippen molar-refractivity contribution in [1.82, 2.24) is 4.98 Å². The standard InChI is InChI=1S/C11H7BrClNO2/c1-16-11(15)9-5-7(12)6-3-2-4-8(13)10(6)14-9/h2-5H,1H3. The lowest BCUT2D eigenvalue weighted by atomic mass is 10.2. The molecule has 0 atom stereocenters. The lowest BCUT2D eigenvalue weighted by Crippen LogP contribution is -2.04. The number of methoxy groups -OCH3 is 1. The molecular weight excluding hydrogens is 293 g/mol. The molecule has 0 aliphatic rings. The van der Waals surface area contributed by atoms with Gasteiger partial charge in [0.2, 0.25) is 0 Å². The number of aromatic nitrogens is 1. The van der Waals surface area contributed by atoms with Crippen LogP contribution in [0.15, 0.2) is 28.7 Å². The number of rotatable bonds is 1. The van der Waals surface area contributed by atoms with Crippen molar-refractivity contribution in [3.05, 3.63) is 39.5 Å². The molecule has 0 aliphatic carbocycles.